The maximum absolute atomic E-state index is 12.4. The van der Waals surface area contributed by atoms with E-state index in [2.05, 4.69) is 33.6 Å². The van der Waals surface area contributed by atoms with Gasteiger partial charge in [-0.2, -0.15) is 0 Å². The Morgan fingerprint density at radius 3 is 2.81 bits per heavy atom. The van der Waals surface area contributed by atoms with Crippen LogP contribution >= 0.6 is 0 Å². The highest BCUT2D eigenvalue weighted by Gasteiger charge is 2.31. The Kier molecular flexibility index (Phi) is 6.03. The SMILES string of the molecule is COC(=O)CNC(=O)C[C@@H]1C(=O)NCCN1Cc1cccc2ccccc12. The van der Waals surface area contributed by atoms with Crippen molar-refractivity contribution in [3.8, 4) is 0 Å². The van der Waals surface area contributed by atoms with Crippen molar-refractivity contribution < 1.29 is 19.1 Å². The molecule has 2 amide bonds. The van der Waals surface area contributed by atoms with Gasteiger partial charge in [0.25, 0.3) is 0 Å². The highest BCUT2D eigenvalue weighted by molar-refractivity contribution is 5.90. The van der Waals surface area contributed by atoms with E-state index in [-0.39, 0.29) is 24.8 Å². The van der Waals surface area contributed by atoms with Crippen LogP contribution in [0.4, 0.5) is 0 Å². The number of fused-ring (bicyclic) bond motifs is 1. The molecule has 1 atom stereocenters. The molecule has 1 heterocycles. The van der Waals surface area contributed by atoms with Crippen LogP contribution in [-0.2, 0) is 25.7 Å². The van der Waals surface area contributed by atoms with Crippen LogP contribution in [0, 0.1) is 0 Å². The average molecular weight is 369 g/mol. The molecule has 2 aromatic rings. The molecule has 0 unspecified atom stereocenters. The Labute approximate surface area is 157 Å². The van der Waals surface area contributed by atoms with Gasteiger partial charge in [-0.05, 0) is 16.3 Å². The number of nitrogens with zero attached hydrogens (tertiary/aromatic N) is 1. The van der Waals surface area contributed by atoms with Crippen LogP contribution in [0.5, 0.6) is 0 Å². The number of piperazine rings is 1. The summed E-state index contributed by atoms with van der Waals surface area (Å²) in [6.45, 7) is 1.57. The molecule has 0 aliphatic carbocycles. The molecule has 0 radical (unpaired) electrons. The van der Waals surface area contributed by atoms with Crippen molar-refractivity contribution in [3.63, 3.8) is 0 Å². The van der Waals surface area contributed by atoms with E-state index in [9.17, 15) is 14.4 Å². The van der Waals surface area contributed by atoms with Crippen LogP contribution in [-0.4, -0.2) is 55.5 Å². The van der Waals surface area contributed by atoms with Crippen LogP contribution < -0.4 is 10.6 Å². The lowest BCUT2D eigenvalue weighted by molar-refractivity contribution is -0.141. The number of carbonyl (C=O) groups is 3. The van der Waals surface area contributed by atoms with E-state index in [0.29, 0.717) is 19.6 Å². The number of benzene rings is 2. The van der Waals surface area contributed by atoms with Crippen LogP contribution in [0.3, 0.4) is 0 Å². The molecule has 0 bridgehead atoms. The quantitative estimate of drug-likeness (QED) is 0.736. The van der Waals surface area contributed by atoms with Crippen molar-refractivity contribution >= 4 is 28.6 Å². The summed E-state index contributed by atoms with van der Waals surface area (Å²) in [7, 11) is 1.26. The lowest BCUT2D eigenvalue weighted by Gasteiger charge is -2.35. The molecule has 1 saturated heterocycles. The molecule has 1 fully saturated rings. The second kappa shape index (κ2) is 8.64. The minimum Gasteiger partial charge on any atom is -0.468 e. The maximum atomic E-state index is 12.4. The zero-order chi connectivity index (χ0) is 19.2. The molecule has 142 valence electrons. The molecule has 1 aliphatic rings. The first kappa shape index (κ1) is 18.8. The zero-order valence-corrected chi connectivity index (χ0v) is 15.2. The van der Waals surface area contributed by atoms with Gasteiger partial charge in [0.15, 0.2) is 0 Å². The standard InChI is InChI=1S/C20H23N3O4/c1-27-19(25)12-22-18(24)11-17-20(26)21-9-10-23(17)13-15-7-4-6-14-5-2-3-8-16(14)15/h2-8,17H,9-13H2,1H3,(H,21,26)(H,22,24)/t17-/m1/s1. The van der Waals surface area contributed by atoms with Gasteiger partial charge in [-0.3, -0.25) is 19.3 Å². The number of rotatable bonds is 6. The average Bonchev–Trinajstić information content (AvgIpc) is 2.69. The van der Waals surface area contributed by atoms with Crippen molar-refractivity contribution in [1.29, 1.82) is 0 Å². The summed E-state index contributed by atoms with van der Waals surface area (Å²) in [5.41, 5.74) is 1.11. The second-order valence-electron chi connectivity index (χ2n) is 6.47. The first-order valence-corrected chi connectivity index (χ1v) is 8.90. The van der Waals surface area contributed by atoms with Gasteiger partial charge in [-0.15, -0.1) is 0 Å². The van der Waals surface area contributed by atoms with E-state index in [1.807, 2.05) is 29.2 Å². The third kappa shape index (κ3) is 4.62. The Balaban J connectivity index is 1.73. The number of carbonyl (C=O) groups excluding carboxylic acids is 3. The Morgan fingerprint density at radius 1 is 1.22 bits per heavy atom. The fourth-order valence-corrected chi connectivity index (χ4v) is 3.31. The molecule has 2 N–H and O–H groups in total. The largest absolute Gasteiger partial charge is 0.468 e. The van der Waals surface area contributed by atoms with E-state index in [0.717, 1.165) is 16.3 Å². The monoisotopic (exact) mass is 369 g/mol. The van der Waals surface area contributed by atoms with Crippen molar-refractivity contribution in [1.82, 2.24) is 15.5 Å². The fraction of sp³-hybridized carbons (Fsp3) is 0.350. The number of methoxy groups -OCH3 is 1. The van der Waals surface area contributed by atoms with Gasteiger partial charge < -0.3 is 15.4 Å². The number of ether oxygens (including phenoxy) is 1. The predicted molar refractivity (Wildman–Crippen MR) is 101 cm³/mol. The van der Waals surface area contributed by atoms with E-state index in [1.54, 1.807) is 0 Å². The number of hydrogen-bond acceptors (Lipinski definition) is 5. The highest BCUT2D eigenvalue weighted by Crippen LogP contribution is 2.22. The number of esters is 1. The summed E-state index contributed by atoms with van der Waals surface area (Å²) < 4.78 is 4.51. The first-order valence-electron chi connectivity index (χ1n) is 8.90. The second-order valence-corrected chi connectivity index (χ2v) is 6.47. The third-order valence-electron chi connectivity index (χ3n) is 4.73. The van der Waals surface area contributed by atoms with Crippen LogP contribution in [0.1, 0.15) is 12.0 Å². The Hall–Kier alpha value is -2.93. The van der Waals surface area contributed by atoms with Crippen molar-refractivity contribution in [2.45, 2.75) is 19.0 Å². The molecule has 7 heteroatoms. The Bertz CT molecular complexity index is 847. The van der Waals surface area contributed by atoms with Crippen molar-refractivity contribution in [3.05, 3.63) is 48.0 Å². The van der Waals surface area contributed by atoms with Gasteiger partial charge in [0.2, 0.25) is 11.8 Å². The predicted octanol–water partition coefficient (Wildman–Crippen LogP) is 0.820. The maximum Gasteiger partial charge on any atom is 0.325 e. The van der Waals surface area contributed by atoms with Gasteiger partial charge in [0.1, 0.15) is 6.54 Å². The summed E-state index contributed by atoms with van der Waals surface area (Å²) in [6, 6.07) is 13.6. The van der Waals surface area contributed by atoms with Crippen LogP contribution in [0.15, 0.2) is 42.5 Å². The van der Waals surface area contributed by atoms with Gasteiger partial charge in [0, 0.05) is 19.6 Å². The van der Waals surface area contributed by atoms with Gasteiger partial charge in [-0.25, -0.2) is 0 Å². The highest BCUT2D eigenvalue weighted by atomic mass is 16.5. The van der Waals surface area contributed by atoms with E-state index in [1.165, 1.54) is 7.11 Å². The Morgan fingerprint density at radius 2 is 2.00 bits per heavy atom. The molecule has 27 heavy (non-hydrogen) atoms. The minimum atomic E-state index is -0.574. The molecule has 1 aliphatic heterocycles. The molecular formula is C20H23N3O4. The molecule has 0 saturated carbocycles. The summed E-state index contributed by atoms with van der Waals surface area (Å²) >= 11 is 0. The molecule has 7 nitrogen and oxygen atoms in total. The normalized spacial score (nSPS) is 17.4. The summed E-state index contributed by atoms with van der Waals surface area (Å²) in [6.07, 6.45) is -0.00636. The van der Waals surface area contributed by atoms with E-state index < -0.39 is 12.0 Å². The topological polar surface area (TPSA) is 87.7 Å². The molecule has 0 aromatic heterocycles. The molecule has 0 spiro atoms. The molecular weight excluding hydrogens is 346 g/mol. The van der Waals surface area contributed by atoms with E-state index in [4.69, 9.17) is 0 Å². The third-order valence-corrected chi connectivity index (χ3v) is 4.73. The van der Waals surface area contributed by atoms with E-state index >= 15 is 0 Å². The smallest absolute Gasteiger partial charge is 0.325 e. The summed E-state index contributed by atoms with van der Waals surface area (Å²) in [5.74, 6) is -1.05. The lowest BCUT2D eigenvalue weighted by Crippen LogP contribution is -2.56. The van der Waals surface area contributed by atoms with Crippen molar-refractivity contribution in [2.75, 3.05) is 26.7 Å². The lowest BCUT2D eigenvalue weighted by atomic mass is 10.0. The summed E-state index contributed by atoms with van der Waals surface area (Å²) in [4.78, 5) is 37.7. The van der Waals surface area contributed by atoms with Crippen molar-refractivity contribution in [2.24, 2.45) is 0 Å². The van der Waals surface area contributed by atoms with Gasteiger partial charge in [-0.1, -0.05) is 42.5 Å². The number of hydrogen-bond donors (Lipinski definition) is 2. The van der Waals surface area contributed by atoms with Gasteiger partial charge >= 0.3 is 5.97 Å². The fourth-order valence-electron chi connectivity index (χ4n) is 3.31. The van der Waals surface area contributed by atoms with Gasteiger partial charge in [0.05, 0.1) is 19.6 Å². The molecule has 2 aromatic carbocycles. The number of nitrogens with one attached hydrogen (secondary N) is 2. The minimum absolute atomic E-state index is 0.00636. The first-order chi connectivity index (χ1) is 13.1. The molecule has 3 rings (SSSR count). The summed E-state index contributed by atoms with van der Waals surface area (Å²) in [5, 5.41) is 7.59. The number of amides is 2. The zero-order valence-electron chi connectivity index (χ0n) is 15.2. The van der Waals surface area contributed by atoms with Crippen LogP contribution in [0.2, 0.25) is 0 Å². The van der Waals surface area contributed by atoms with Crippen LogP contribution in [0.25, 0.3) is 10.8 Å².